The molecule has 4 heteroatoms. The lowest BCUT2D eigenvalue weighted by Gasteiger charge is -2.10. The number of unbranched alkanes of at least 4 members (excludes halogenated alkanes) is 2. The molecule has 0 aliphatic heterocycles. The van der Waals surface area contributed by atoms with Gasteiger partial charge in [-0.15, -0.1) is 11.3 Å². The zero-order chi connectivity index (χ0) is 16.7. The second kappa shape index (κ2) is 8.73. The molecule has 0 radical (unpaired) electrons. The van der Waals surface area contributed by atoms with E-state index in [1.807, 2.05) is 29.6 Å². The van der Waals surface area contributed by atoms with Crippen LogP contribution < -0.4 is 11.1 Å². The number of amides is 1. The smallest absolute Gasteiger partial charge is 0.224 e. The molecule has 1 aromatic carbocycles. The van der Waals surface area contributed by atoms with Crippen molar-refractivity contribution in [3.63, 3.8) is 0 Å². The molecule has 0 bridgehead atoms. The Hall–Kier alpha value is -1.81. The van der Waals surface area contributed by atoms with Crippen molar-refractivity contribution in [3.05, 3.63) is 35.7 Å². The Labute approximate surface area is 142 Å². The predicted octanol–water partition coefficient (Wildman–Crippen LogP) is 5.54. The summed E-state index contributed by atoms with van der Waals surface area (Å²) in [4.78, 5) is 13.3. The van der Waals surface area contributed by atoms with E-state index in [4.69, 9.17) is 5.73 Å². The molecule has 1 amide bonds. The van der Waals surface area contributed by atoms with Crippen LogP contribution in [-0.2, 0) is 4.79 Å². The van der Waals surface area contributed by atoms with Gasteiger partial charge < -0.3 is 11.1 Å². The Morgan fingerprint density at radius 2 is 2.04 bits per heavy atom. The van der Waals surface area contributed by atoms with Crippen molar-refractivity contribution in [3.8, 4) is 10.4 Å². The van der Waals surface area contributed by atoms with Gasteiger partial charge in [0, 0.05) is 11.3 Å². The zero-order valence-electron chi connectivity index (χ0n) is 14.0. The standard InChI is InChI=1S/C19H26N2OS/c1-14(2)7-4-3-5-9-19(22)21-17-13-15(10-11-16(17)20)18-8-6-12-23-18/h6,8,10-14H,3-5,7,9,20H2,1-2H3,(H,21,22). The van der Waals surface area contributed by atoms with Gasteiger partial charge in [-0.25, -0.2) is 0 Å². The Kier molecular flexibility index (Phi) is 6.66. The van der Waals surface area contributed by atoms with E-state index >= 15 is 0 Å². The van der Waals surface area contributed by atoms with Gasteiger partial charge in [-0.05, 0) is 41.5 Å². The number of anilines is 2. The number of carbonyl (C=O) groups excluding carboxylic acids is 1. The molecule has 0 saturated heterocycles. The van der Waals surface area contributed by atoms with Crippen LogP contribution in [0.4, 0.5) is 11.4 Å². The van der Waals surface area contributed by atoms with Crippen LogP contribution in [0, 0.1) is 5.92 Å². The molecular formula is C19H26N2OS. The number of thiophene rings is 1. The number of nitrogen functional groups attached to an aromatic ring is 1. The summed E-state index contributed by atoms with van der Waals surface area (Å²) in [6.45, 7) is 4.46. The highest BCUT2D eigenvalue weighted by atomic mass is 32.1. The summed E-state index contributed by atoms with van der Waals surface area (Å²) in [6, 6.07) is 9.89. The van der Waals surface area contributed by atoms with E-state index in [0.29, 0.717) is 17.8 Å². The Morgan fingerprint density at radius 3 is 2.74 bits per heavy atom. The van der Waals surface area contributed by atoms with Gasteiger partial charge in [0.1, 0.15) is 0 Å². The van der Waals surface area contributed by atoms with Crippen LogP contribution in [0.3, 0.4) is 0 Å². The molecule has 1 aromatic heterocycles. The molecule has 3 nitrogen and oxygen atoms in total. The summed E-state index contributed by atoms with van der Waals surface area (Å²) < 4.78 is 0. The number of hydrogen-bond donors (Lipinski definition) is 2. The molecule has 23 heavy (non-hydrogen) atoms. The second-order valence-corrected chi connectivity index (χ2v) is 7.27. The van der Waals surface area contributed by atoms with Crippen molar-refractivity contribution in [2.45, 2.75) is 46.0 Å². The normalized spacial score (nSPS) is 10.9. The molecule has 0 fully saturated rings. The lowest BCUT2D eigenvalue weighted by Crippen LogP contribution is -2.12. The van der Waals surface area contributed by atoms with Crippen LogP contribution in [0.5, 0.6) is 0 Å². The minimum absolute atomic E-state index is 0.0459. The van der Waals surface area contributed by atoms with Crippen LogP contribution in [0.25, 0.3) is 10.4 Å². The fraction of sp³-hybridized carbons (Fsp3) is 0.421. The summed E-state index contributed by atoms with van der Waals surface area (Å²) in [7, 11) is 0. The topological polar surface area (TPSA) is 55.1 Å². The molecule has 1 heterocycles. The van der Waals surface area contributed by atoms with Crippen molar-refractivity contribution >= 4 is 28.6 Å². The quantitative estimate of drug-likeness (QED) is 0.493. The maximum atomic E-state index is 12.1. The lowest BCUT2D eigenvalue weighted by molar-refractivity contribution is -0.116. The van der Waals surface area contributed by atoms with Crippen LogP contribution in [0.2, 0.25) is 0 Å². The van der Waals surface area contributed by atoms with Crippen molar-refractivity contribution < 1.29 is 4.79 Å². The minimum atomic E-state index is 0.0459. The van der Waals surface area contributed by atoms with E-state index in [0.717, 1.165) is 24.3 Å². The highest BCUT2D eigenvalue weighted by Crippen LogP contribution is 2.30. The largest absolute Gasteiger partial charge is 0.397 e. The molecule has 0 spiro atoms. The molecule has 3 N–H and O–H groups in total. The fourth-order valence-electron chi connectivity index (χ4n) is 2.49. The second-order valence-electron chi connectivity index (χ2n) is 6.32. The molecule has 0 unspecified atom stereocenters. The van der Waals surface area contributed by atoms with Crippen molar-refractivity contribution in [2.75, 3.05) is 11.1 Å². The number of hydrogen-bond acceptors (Lipinski definition) is 3. The van der Waals surface area contributed by atoms with Gasteiger partial charge in [-0.2, -0.15) is 0 Å². The number of nitrogens with one attached hydrogen (secondary N) is 1. The zero-order valence-corrected chi connectivity index (χ0v) is 14.8. The van der Waals surface area contributed by atoms with Gasteiger partial charge in [0.15, 0.2) is 0 Å². The summed E-state index contributed by atoms with van der Waals surface area (Å²) >= 11 is 1.68. The van der Waals surface area contributed by atoms with Crippen molar-refractivity contribution in [1.82, 2.24) is 0 Å². The highest BCUT2D eigenvalue weighted by molar-refractivity contribution is 7.13. The third-order valence-electron chi connectivity index (χ3n) is 3.82. The number of benzene rings is 1. The third kappa shape index (κ3) is 5.71. The maximum absolute atomic E-state index is 12.1. The van der Waals surface area contributed by atoms with Gasteiger partial charge in [0.2, 0.25) is 5.91 Å². The van der Waals surface area contributed by atoms with Gasteiger partial charge in [0.05, 0.1) is 11.4 Å². The molecule has 0 saturated carbocycles. The van der Waals surface area contributed by atoms with E-state index in [1.54, 1.807) is 11.3 Å². The lowest BCUT2D eigenvalue weighted by atomic mass is 10.0. The molecule has 2 aromatic rings. The summed E-state index contributed by atoms with van der Waals surface area (Å²) in [6.07, 6.45) is 5.03. The van der Waals surface area contributed by atoms with Crippen LogP contribution in [0.15, 0.2) is 35.7 Å². The molecular weight excluding hydrogens is 304 g/mol. The first-order valence-corrected chi connectivity index (χ1v) is 9.17. The first kappa shape index (κ1) is 17.5. The van der Waals surface area contributed by atoms with Crippen LogP contribution in [-0.4, -0.2) is 5.91 Å². The van der Waals surface area contributed by atoms with Gasteiger partial charge in [0.25, 0.3) is 0 Å². The fourth-order valence-corrected chi connectivity index (χ4v) is 3.21. The van der Waals surface area contributed by atoms with E-state index in [2.05, 4.69) is 25.2 Å². The SMILES string of the molecule is CC(C)CCCCCC(=O)Nc1cc(-c2cccs2)ccc1N. The predicted molar refractivity (Wildman–Crippen MR) is 101 cm³/mol. The van der Waals surface area contributed by atoms with Gasteiger partial charge >= 0.3 is 0 Å². The first-order valence-electron chi connectivity index (χ1n) is 8.29. The van der Waals surface area contributed by atoms with E-state index in [1.165, 1.54) is 17.7 Å². The first-order chi connectivity index (χ1) is 11.1. The monoisotopic (exact) mass is 330 g/mol. The molecule has 0 atom stereocenters. The summed E-state index contributed by atoms with van der Waals surface area (Å²) in [5, 5.41) is 5.00. The molecule has 124 valence electrons. The molecule has 0 aliphatic carbocycles. The Balaban J connectivity index is 1.87. The Bertz CT molecular complexity index is 620. The van der Waals surface area contributed by atoms with Gasteiger partial charge in [-0.1, -0.05) is 45.2 Å². The molecule has 2 rings (SSSR count). The van der Waals surface area contributed by atoms with E-state index in [9.17, 15) is 4.79 Å². The molecule has 0 aliphatic rings. The number of carbonyl (C=O) groups is 1. The maximum Gasteiger partial charge on any atom is 0.224 e. The minimum Gasteiger partial charge on any atom is -0.397 e. The Morgan fingerprint density at radius 1 is 1.22 bits per heavy atom. The average Bonchev–Trinajstić information content (AvgIpc) is 3.03. The van der Waals surface area contributed by atoms with Crippen LogP contribution in [0.1, 0.15) is 46.0 Å². The highest BCUT2D eigenvalue weighted by Gasteiger charge is 2.08. The van der Waals surface area contributed by atoms with Crippen LogP contribution >= 0.6 is 11.3 Å². The summed E-state index contributed by atoms with van der Waals surface area (Å²) in [5.41, 5.74) is 8.39. The van der Waals surface area contributed by atoms with Crippen molar-refractivity contribution in [2.24, 2.45) is 5.92 Å². The average molecular weight is 330 g/mol. The van der Waals surface area contributed by atoms with E-state index in [-0.39, 0.29) is 5.91 Å². The van der Waals surface area contributed by atoms with E-state index < -0.39 is 0 Å². The van der Waals surface area contributed by atoms with Gasteiger partial charge in [-0.3, -0.25) is 4.79 Å². The number of nitrogens with two attached hydrogens (primary N) is 1. The third-order valence-corrected chi connectivity index (χ3v) is 4.74. The summed E-state index contributed by atoms with van der Waals surface area (Å²) in [5.74, 6) is 0.785. The van der Waals surface area contributed by atoms with Crippen molar-refractivity contribution in [1.29, 1.82) is 0 Å². The number of rotatable bonds is 8.